The van der Waals surface area contributed by atoms with Crippen molar-refractivity contribution < 1.29 is 9.21 Å². The molecule has 26 heavy (non-hydrogen) atoms. The molecule has 1 aliphatic heterocycles. The Labute approximate surface area is 168 Å². The Morgan fingerprint density at radius 1 is 1.23 bits per heavy atom. The van der Waals surface area contributed by atoms with Crippen molar-refractivity contribution in [3.63, 3.8) is 0 Å². The average Bonchev–Trinajstić information content (AvgIpc) is 3.32. The molecule has 0 radical (unpaired) electrons. The Morgan fingerprint density at radius 2 is 1.92 bits per heavy atom. The minimum atomic E-state index is 0.0426. The van der Waals surface area contributed by atoms with Gasteiger partial charge in [-0.3, -0.25) is 4.79 Å². The number of benzene rings is 1. The zero-order valence-corrected chi connectivity index (χ0v) is 17.0. The van der Waals surface area contributed by atoms with Crippen molar-refractivity contribution in [1.29, 1.82) is 0 Å². The molecule has 1 aliphatic rings. The summed E-state index contributed by atoms with van der Waals surface area (Å²) >= 11 is 12.8. The summed E-state index contributed by atoms with van der Waals surface area (Å²) in [6.45, 7) is 2.45. The third-order valence-corrected chi connectivity index (χ3v) is 6.05. The first-order chi connectivity index (χ1) is 12.5. The van der Waals surface area contributed by atoms with Crippen molar-refractivity contribution in [3.8, 4) is 11.3 Å². The monoisotopic (exact) mass is 408 g/mol. The maximum absolute atomic E-state index is 12.4. The molecule has 1 amide bonds. The van der Waals surface area contributed by atoms with Crippen LogP contribution in [0, 0.1) is 0 Å². The van der Waals surface area contributed by atoms with E-state index in [2.05, 4.69) is 4.90 Å². The Hall–Kier alpha value is -1.50. The van der Waals surface area contributed by atoms with Gasteiger partial charge in [-0.1, -0.05) is 35.6 Å². The molecule has 1 fully saturated rings. The molecule has 1 aromatic heterocycles. The Bertz CT molecular complexity index is 770. The van der Waals surface area contributed by atoms with Gasteiger partial charge in [-0.05, 0) is 49.2 Å². The number of thioether (sulfide) groups is 1. The van der Waals surface area contributed by atoms with E-state index >= 15 is 0 Å². The van der Waals surface area contributed by atoms with E-state index in [1.54, 1.807) is 11.9 Å². The number of nitrogens with zero attached hydrogens (tertiary/aromatic N) is 2. The lowest BCUT2D eigenvalue weighted by Gasteiger charge is -2.19. The topological polar surface area (TPSA) is 36.7 Å². The molecule has 1 aromatic carbocycles. The first kappa shape index (κ1) is 19.3. The van der Waals surface area contributed by atoms with E-state index in [0.717, 1.165) is 34.5 Å². The molecule has 3 rings (SSSR count). The highest BCUT2D eigenvalue weighted by atomic mass is 35.5. The summed E-state index contributed by atoms with van der Waals surface area (Å²) in [6.07, 6.45) is 2.37. The van der Waals surface area contributed by atoms with Crippen LogP contribution >= 0.6 is 35.6 Å². The van der Waals surface area contributed by atoms with E-state index < -0.39 is 0 Å². The van der Waals surface area contributed by atoms with E-state index in [-0.39, 0.29) is 5.91 Å². The molecule has 4 nitrogen and oxygen atoms in total. The Morgan fingerprint density at radius 3 is 2.62 bits per heavy atom. The van der Waals surface area contributed by atoms with Crippen molar-refractivity contribution in [2.24, 2.45) is 0 Å². The summed E-state index contributed by atoms with van der Waals surface area (Å²) < 4.78 is 6.69. The number of hydrogen-bond donors (Lipinski definition) is 0. The van der Waals surface area contributed by atoms with Crippen molar-refractivity contribution in [3.05, 3.63) is 47.2 Å². The van der Waals surface area contributed by atoms with Gasteiger partial charge in [-0.2, -0.15) is 0 Å². The molecule has 2 heterocycles. The zero-order chi connectivity index (χ0) is 18.5. The molecule has 2 aromatic rings. The van der Waals surface area contributed by atoms with Crippen LogP contribution in [0.25, 0.3) is 11.3 Å². The Balaban J connectivity index is 1.51. The number of likely N-dealkylation sites (tertiary alicyclic amines) is 1. The van der Waals surface area contributed by atoms with Gasteiger partial charge in [0.2, 0.25) is 5.91 Å². The lowest BCUT2D eigenvalue weighted by atomic mass is 10.2. The summed E-state index contributed by atoms with van der Waals surface area (Å²) in [5.41, 5.74) is 0.959. The molecular formula is C19H21ClN2O2S2. The molecule has 0 bridgehead atoms. The first-order valence-electron chi connectivity index (χ1n) is 8.53. The van der Waals surface area contributed by atoms with E-state index in [1.807, 2.05) is 36.4 Å². The molecule has 0 spiro atoms. The highest BCUT2D eigenvalue weighted by Crippen LogP contribution is 2.24. The molecule has 0 aliphatic carbocycles. The van der Waals surface area contributed by atoms with E-state index in [4.69, 9.17) is 28.2 Å². The maximum atomic E-state index is 12.4. The van der Waals surface area contributed by atoms with Crippen LogP contribution < -0.4 is 0 Å². The third kappa shape index (κ3) is 5.02. The number of amides is 1. The predicted octanol–water partition coefficient (Wildman–Crippen LogP) is 4.67. The van der Waals surface area contributed by atoms with Gasteiger partial charge < -0.3 is 14.2 Å². The summed E-state index contributed by atoms with van der Waals surface area (Å²) in [6, 6.07) is 11.3. The Kier molecular flexibility index (Phi) is 6.62. The summed E-state index contributed by atoms with van der Waals surface area (Å²) in [5.74, 6) is 1.91. The van der Waals surface area contributed by atoms with Gasteiger partial charge in [0.1, 0.15) is 15.8 Å². The minimum Gasteiger partial charge on any atom is -0.459 e. The van der Waals surface area contributed by atoms with Gasteiger partial charge in [0, 0.05) is 30.7 Å². The smallest absolute Gasteiger partial charge is 0.233 e. The van der Waals surface area contributed by atoms with Crippen molar-refractivity contribution in [2.45, 2.75) is 19.4 Å². The molecule has 0 saturated carbocycles. The van der Waals surface area contributed by atoms with Crippen molar-refractivity contribution in [1.82, 2.24) is 9.80 Å². The first-order valence-corrected chi connectivity index (χ1v) is 10.3. The van der Waals surface area contributed by atoms with Gasteiger partial charge >= 0.3 is 0 Å². The third-order valence-electron chi connectivity index (χ3n) is 4.29. The van der Waals surface area contributed by atoms with Crippen LogP contribution in [0.15, 0.2) is 40.8 Å². The lowest BCUT2D eigenvalue weighted by Crippen LogP contribution is -2.30. The van der Waals surface area contributed by atoms with Crippen molar-refractivity contribution in [2.75, 3.05) is 25.9 Å². The second kappa shape index (κ2) is 8.93. The van der Waals surface area contributed by atoms with Crippen molar-refractivity contribution >= 4 is 45.8 Å². The fourth-order valence-electron chi connectivity index (χ4n) is 2.78. The largest absolute Gasteiger partial charge is 0.459 e. The average molecular weight is 409 g/mol. The lowest BCUT2D eigenvalue weighted by molar-refractivity contribution is -0.127. The highest BCUT2D eigenvalue weighted by molar-refractivity contribution is 8.23. The number of carbonyl (C=O) groups excluding carboxylic acids is 1. The molecule has 138 valence electrons. The minimum absolute atomic E-state index is 0.0426. The molecule has 7 heteroatoms. The quantitative estimate of drug-likeness (QED) is 0.672. The highest BCUT2D eigenvalue weighted by Gasteiger charge is 2.18. The second-order valence-corrected chi connectivity index (χ2v) is 8.32. The molecule has 0 unspecified atom stereocenters. The second-order valence-electron chi connectivity index (χ2n) is 6.27. The fourth-order valence-corrected chi connectivity index (χ4v) is 4.10. The van der Waals surface area contributed by atoms with Crippen LogP contribution in [0.2, 0.25) is 5.02 Å². The summed E-state index contributed by atoms with van der Waals surface area (Å²) in [7, 11) is 1.78. The van der Waals surface area contributed by atoms with E-state index in [1.165, 1.54) is 24.6 Å². The zero-order valence-electron chi connectivity index (χ0n) is 14.6. The number of thiocarbonyl (C=S) groups is 1. The van der Waals surface area contributed by atoms with Crippen LogP contribution in [0.4, 0.5) is 0 Å². The molecular weight excluding hydrogens is 388 g/mol. The summed E-state index contributed by atoms with van der Waals surface area (Å²) in [5, 5.41) is 0.690. The number of rotatable bonds is 5. The number of carbonyl (C=O) groups is 1. The molecule has 0 N–H and O–H groups in total. The standard InChI is InChI=1S/C19H21ClN2O2S2/c1-21(18(23)13-26-19(25)22-10-2-3-11-22)12-16-8-9-17(24-16)14-4-6-15(20)7-5-14/h4-9H,2-3,10-13H2,1H3. The predicted molar refractivity (Wildman–Crippen MR) is 111 cm³/mol. The van der Waals surface area contributed by atoms with Gasteiger partial charge in [-0.15, -0.1) is 0 Å². The number of hydrogen-bond acceptors (Lipinski definition) is 4. The van der Waals surface area contributed by atoms with Crippen LogP contribution in [-0.4, -0.2) is 45.9 Å². The number of furan rings is 1. The van der Waals surface area contributed by atoms with Gasteiger partial charge in [0.15, 0.2) is 0 Å². The number of halogens is 1. The normalized spacial score (nSPS) is 13.8. The van der Waals surface area contributed by atoms with Gasteiger partial charge in [0.05, 0.1) is 12.3 Å². The van der Waals surface area contributed by atoms with Crippen LogP contribution in [0.3, 0.4) is 0 Å². The SMILES string of the molecule is CN(Cc1ccc(-c2ccc(Cl)cc2)o1)C(=O)CSC(=S)N1CCCC1. The van der Waals surface area contributed by atoms with Crippen LogP contribution in [0.5, 0.6) is 0 Å². The van der Waals surface area contributed by atoms with E-state index in [0.29, 0.717) is 17.3 Å². The fraction of sp³-hybridized carbons (Fsp3) is 0.368. The van der Waals surface area contributed by atoms with Gasteiger partial charge in [0.25, 0.3) is 0 Å². The van der Waals surface area contributed by atoms with E-state index in [9.17, 15) is 4.79 Å². The molecule has 1 saturated heterocycles. The van der Waals surface area contributed by atoms with Crippen LogP contribution in [-0.2, 0) is 11.3 Å². The molecule has 0 atom stereocenters. The summed E-state index contributed by atoms with van der Waals surface area (Å²) in [4.78, 5) is 16.2. The maximum Gasteiger partial charge on any atom is 0.233 e. The van der Waals surface area contributed by atoms with Crippen LogP contribution in [0.1, 0.15) is 18.6 Å². The van der Waals surface area contributed by atoms with Gasteiger partial charge in [-0.25, -0.2) is 0 Å².